The molecule has 1 aromatic rings. The van der Waals surface area contributed by atoms with Crippen LogP contribution >= 0.6 is 15.9 Å². The van der Waals surface area contributed by atoms with E-state index in [2.05, 4.69) is 26.1 Å². The van der Waals surface area contributed by atoms with Crippen LogP contribution in [0, 0.1) is 0 Å². The Morgan fingerprint density at radius 2 is 2.20 bits per heavy atom. The molecule has 1 unspecified atom stereocenters. The molecule has 1 aliphatic heterocycles. The number of benzene rings is 1. The molecule has 0 bridgehead atoms. The summed E-state index contributed by atoms with van der Waals surface area (Å²) in [6, 6.07) is 9.60. The van der Waals surface area contributed by atoms with Crippen molar-refractivity contribution in [2.75, 3.05) is 26.2 Å². The summed E-state index contributed by atoms with van der Waals surface area (Å²) in [5.41, 5.74) is 0. The second-order valence-electron chi connectivity index (χ2n) is 5.82. The molecule has 3 nitrogen and oxygen atoms in total. The molecular weight excluding hydrogens is 316 g/mol. The number of nitrogens with zero attached hydrogens (tertiary/aromatic N) is 1. The average Bonchev–Trinajstić information content (AvgIpc) is 3.16. The van der Waals surface area contributed by atoms with Crippen LogP contribution in [0.3, 0.4) is 0 Å². The standard InChI is InChI=1S/C16H23BrN2O/c17-13-3-1-5-16(11-13)20-10-9-19-8-2-4-15(19)12-18-14-6-7-14/h1,3,5,11,14-15,18H,2,4,6-10,12H2. The molecule has 1 heterocycles. The number of rotatable bonds is 7. The molecule has 2 aliphatic rings. The fraction of sp³-hybridized carbons (Fsp3) is 0.625. The first-order valence-corrected chi connectivity index (χ1v) is 8.46. The van der Waals surface area contributed by atoms with Crippen LogP contribution in [0.15, 0.2) is 28.7 Å². The zero-order valence-electron chi connectivity index (χ0n) is 11.9. The van der Waals surface area contributed by atoms with Gasteiger partial charge in [0.15, 0.2) is 0 Å². The third-order valence-electron chi connectivity index (χ3n) is 4.16. The van der Waals surface area contributed by atoms with Gasteiger partial charge in [-0.1, -0.05) is 22.0 Å². The molecule has 2 fully saturated rings. The maximum Gasteiger partial charge on any atom is 0.120 e. The van der Waals surface area contributed by atoms with Gasteiger partial charge in [0, 0.05) is 29.6 Å². The number of halogens is 1. The Hall–Kier alpha value is -0.580. The normalized spacial score (nSPS) is 23.1. The summed E-state index contributed by atoms with van der Waals surface area (Å²) < 4.78 is 6.91. The van der Waals surface area contributed by atoms with Gasteiger partial charge in [0.05, 0.1) is 0 Å². The first-order valence-electron chi connectivity index (χ1n) is 7.67. The van der Waals surface area contributed by atoms with E-state index in [4.69, 9.17) is 4.74 Å². The number of nitrogens with one attached hydrogen (secondary N) is 1. The molecule has 0 amide bonds. The molecule has 0 radical (unpaired) electrons. The summed E-state index contributed by atoms with van der Waals surface area (Å²) in [5.74, 6) is 0.950. The van der Waals surface area contributed by atoms with E-state index in [-0.39, 0.29) is 0 Å². The second kappa shape index (κ2) is 6.92. The Bertz CT molecular complexity index is 436. The third kappa shape index (κ3) is 4.21. The summed E-state index contributed by atoms with van der Waals surface area (Å²) in [6.45, 7) is 4.18. The molecule has 1 saturated heterocycles. The minimum Gasteiger partial charge on any atom is -0.492 e. The maximum absolute atomic E-state index is 5.84. The van der Waals surface area contributed by atoms with E-state index in [1.165, 1.54) is 32.2 Å². The molecule has 20 heavy (non-hydrogen) atoms. The molecule has 110 valence electrons. The van der Waals surface area contributed by atoms with E-state index in [0.717, 1.165) is 36.0 Å². The molecule has 1 saturated carbocycles. The molecular formula is C16H23BrN2O. The lowest BCUT2D eigenvalue weighted by molar-refractivity contribution is 0.193. The number of hydrogen-bond acceptors (Lipinski definition) is 3. The largest absolute Gasteiger partial charge is 0.492 e. The predicted octanol–water partition coefficient (Wildman–Crippen LogP) is 3.04. The van der Waals surface area contributed by atoms with Gasteiger partial charge in [-0.3, -0.25) is 4.90 Å². The van der Waals surface area contributed by atoms with Crippen molar-refractivity contribution >= 4 is 15.9 Å². The van der Waals surface area contributed by atoms with Crippen molar-refractivity contribution in [3.8, 4) is 5.75 Å². The van der Waals surface area contributed by atoms with Gasteiger partial charge in [0.25, 0.3) is 0 Å². The van der Waals surface area contributed by atoms with Gasteiger partial charge in [-0.25, -0.2) is 0 Å². The molecule has 1 aliphatic carbocycles. The van der Waals surface area contributed by atoms with E-state index in [9.17, 15) is 0 Å². The fourth-order valence-electron chi connectivity index (χ4n) is 2.85. The van der Waals surface area contributed by atoms with Crippen molar-refractivity contribution in [3.63, 3.8) is 0 Å². The SMILES string of the molecule is Brc1cccc(OCCN2CCCC2CNC2CC2)c1. The van der Waals surface area contributed by atoms with Crippen LogP contribution in [0.4, 0.5) is 0 Å². The van der Waals surface area contributed by atoms with Crippen LogP contribution in [-0.4, -0.2) is 43.2 Å². The van der Waals surface area contributed by atoms with Crippen molar-refractivity contribution in [1.29, 1.82) is 0 Å². The first kappa shape index (κ1) is 14.4. The van der Waals surface area contributed by atoms with Gasteiger partial charge in [-0.15, -0.1) is 0 Å². The summed E-state index contributed by atoms with van der Waals surface area (Å²) in [5, 5.41) is 3.66. The maximum atomic E-state index is 5.84. The van der Waals surface area contributed by atoms with Crippen molar-refractivity contribution in [1.82, 2.24) is 10.2 Å². The van der Waals surface area contributed by atoms with E-state index in [0.29, 0.717) is 6.04 Å². The Morgan fingerprint density at radius 1 is 1.30 bits per heavy atom. The minimum atomic E-state index is 0.710. The highest BCUT2D eigenvalue weighted by molar-refractivity contribution is 9.10. The van der Waals surface area contributed by atoms with Crippen molar-refractivity contribution in [2.24, 2.45) is 0 Å². The Kier molecular flexibility index (Phi) is 4.97. The van der Waals surface area contributed by atoms with Crippen molar-refractivity contribution in [2.45, 2.75) is 37.8 Å². The monoisotopic (exact) mass is 338 g/mol. The van der Waals surface area contributed by atoms with Crippen LogP contribution in [0.2, 0.25) is 0 Å². The lowest BCUT2D eigenvalue weighted by Crippen LogP contribution is -2.40. The van der Waals surface area contributed by atoms with Gasteiger partial charge in [-0.2, -0.15) is 0 Å². The van der Waals surface area contributed by atoms with Crippen LogP contribution in [0.25, 0.3) is 0 Å². The zero-order valence-corrected chi connectivity index (χ0v) is 13.4. The molecule has 3 rings (SSSR count). The third-order valence-corrected chi connectivity index (χ3v) is 4.66. The summed E-state index contributed by atoms with van der Waals surface area (Å²) >= 11 is 3.47. The highest BCUT2D eigenvalue weighted by Crippen LogP contribution is 2.22. The highest BCUT2D eigenvalue weighted by atomic mass is 79.9. The average molecular weight is 339 g/mol. The molecule has 0 spiro atoms. The van der Waals surface area contributed by atoms with Gasteiger partial charge in [0.2, 0.25) is 0 Å². The summed E-state index contributed by atoms with van der Waals surface area (Å²) in [4.78, 5) is 2.58. The van der Waals surface area contributed by atoms with E-state index >= 15 is 0 Å². The number of hydrogen-bond donors (Lipinski definition) is 1. The highest BCUT2D eigenvalue weighted by Gasteiger charge is 2.27. The Balaban J connectivity index is 1.40. The van der Waals surface area contributed by atoms with Crippen molar-refractivity contribution < 1.29 is 4.74 Å². The topological polar surface area (TPSA) is 24.5 Å². The Labute approximate surface area is 129 Å². The lowest BCUT2D eigenvalue weighted by Gasteiger charge is -2.24. The quantitative estimate of drug-likeness (QED) is 0.826. The van der Waals surface area contributed by atoms with Crippen molar-refractivity contribution in [3.05, 3.63) is 28.7 Å². The van der Waals surface area contributed by atoms with Gasteiger partial charge in [-0.05, 0) is 50.4 Å². The molecule has 4 heteroatoms. The summed E-state index contributed by atoms with van der Waals surface area (Å²) in [7, 11) is 0. The van der Waals surface area contributed by atoms with Gasteiger partial charge < -0.3 is 10.1 Å². The number of ether oxygens (including phenoxy) is 1. The smallest absolute Gasteiger partial charge is 0.120 e. The van der Waals surface area contributed by atoms with E-state index in [1.54, 1.807) is 0 Å². The first-order chi connectivity index (χ1) is 9.81. The van der Waals surface area contributed by atoms with Gasteiger partial charge in [0.1, 0.15) is 12.4 Å². The van der Waals surface area contributed by atoms with E-state index < -0.39 is 0 Å². The molecule has 0 aromatic heterocycles. The molecule has 1 aromatic carbocycles. The fourth-order valence-corrected chi connectivity index (χ4v) is 3.23. The van der Waals surface area contributed by atoms with Crippen LogP contribution in [-0.2, 0) is 0 Å². The van der Waals surface area contributed by atoms with Crippen LogP contribution < -0.4 is 10.1 Å². The zero-order chi connectivity index (χ0) is 13.8. The van der Waals surface area contributed by atoms with E-state index in [1.807, 2.05) is 24.3 Å². The lowest BCUT2D eigenvalue weighted by atomic mass is 10.2. The number of likely N-dealkylation sites (tertiary alicyclic amines) is 1. The van der Waals surface area contributed by atoms with Crippen LogP contribution in [0.5, 0.6) is 5.75 Å². The van der Waals surface area contributed by atoms with Gasteiger partial charge >= 0.3 is 0 Å². The second-order valence-corrected chi connectivity index (χ2v) is 6.74. The minimum absolute atomic E-state index is 0.710. The Morgan fingerprint density at radius 3 is 3.00 bits per heavy atom. The van der Waals surface area contributed by atoms with Crippen LogP contribution in [0.1, 0.15) is 25.7 Å². The molecule has 1 atom stereocenters. The molecule has 1 N–H and O–H groups in total. The summed E-state index contributed by atoms with van der Waals surface area (Å²) in [6.07, 6.45) is 5.40. The predicted molar refractivity (Wildman–Crippen MR) is 85.3 cm³/mol.